The lowest BCUT2D eigenvalue weighted by atomic mass is 9.93. The molecular formula is C38H64N4O25. The van der Waals surface area contributed by atoms with Crippen molar-refractivity contribution >= 4 is 23.6 Å². The summed E-state index contributed by atoms with van der Waals surface area (Å²) in [5.41, 5.74) is 0. The van der Waals surface area contributed by atoms with Gasteiger partial charge in [-0.15, -0.1) is 0 Å². The van der Waals surface area contributed by atoms with Gasteiger partial charge < -0.3 is 125 Å². The van der Waals surface area contributed by atoms with Gasteiger partial charge in [-0.1, -0.05) is 0 Å². The van der Waals surface area contributed by atoms with Crippen molar-refractivity contribution in [3.05, 3.63) is 0 Å². The number of aliphatic hydroxyl groups is 12. The van der Waals surface area contributed by atoms with Crippen LogP contribution in [0.4, 0.5) is 0 Å². The second-order valence-electron chi connectivity index (χ2n) is 16.9. The van der Waals surface area contributed by atoms with E-state index in [-0.39, 0.29) is 0 Å². The molecule has 0 aromatic heterocycles. The quantitative estimate of drug-likeness (QED) is 0.0683. The van der Waals surface area contributed by atoms with Crippen LogP contribution in [0.5, 0.6) is 0 Å². The molecule has 5 aliphatic rings. The average molecular weight is 977 g/mol. The van der Waals surface area contributed by atoms with E-state index < -0.39 is 203 Å². The molecule has 0 aromatic carbocycles. The van der Waals surface area contributed by atoms with Crippen molar-refractivity contribution in [2.75, 3.05) is 26.4 Å². The molecule has 29 heteroatoms. The topological polar surface area (TPSA) is 442 Å². The van der Waals surface area contributed by atoms with Crippen molar-refractivity contribution in [2.45, 2.75) is 188 Å². The molecular weight excluding hydrogens is 912 g/mol. The molecule has 386 valence electrons. The van der Waals surface area contributed by atoms with Crippen molar-refractivity contribution in [3.63, 3.8) is 0 Å². The first-order valence-electron chi connectivity index (χ1n) is 21.4. The average Bonchev–Trinajstić information content (AvgIpc) is 3.26. The van der Waals surface area contributed by atoms with Gasteiger partial charge in [0.2, 0.25) is 23.6 Å². The van der Waals surface area contributed by atoms with Gasteiger partial charge in [-0.25, -0.2) is 0 Å². The van der Waals surface area contributed by atoms with Gasteiger partial charge in [-0.3, -0.25) is 19.2 Å². The number of hydrogen-bond donors (Lipinski definition) is 16. The predicted octanol–water partition coefficient (Wildman–Crippen LogP) is -10.3. The Kier molecular flexibility index (Phi) is 19.5. The van der Waals surface area contributed by atoms with Gasteiger partial charge in [0.25, 0.3) is 0 Å². The van der Waals surface area contributed by atoms with Crippen molar-refractivity contribution in [3.8, 4) is 0 Å². The van der Waals surface area contributed by atoms with E-state index in [0.29, 0.717) is 0 Å². The number of aliphatic hydroxyl groups excluding tert-OH is 12. The van der Waals surface area contributed by atoms with E-state index in [1.165, 1.54) is 6.92 Å². The number of ether oxygens (including phenoxy) is 9. The van der Waals surface area contributed by atoms with Crippen LogP contribution in [0.1, 0.15) is 34.6 Å². The fourth-order valence-electron chi connectivity index (χ4n) is 8.57. The smallest absolute Gasteiger partial charge is 0.217 e. The Morgan fingerprint density at radius 3 is 1.22 bits per heavy atom. The van der Waals surface area contributed by atoms with Crippen molar-refractivity contribution in [1.82, 2.24) is 21.3 Å². The Bertz CT molecular complexity index is 1660. The number of rotatable bonds is 16. The minimum atomic E-state index is -2.01. The molecule has 67 heavy (non-hydrogen) atoms. The summed E-state index contributed by atoms with van der Waals surface area (Å²) in [6.45, 7) is 1.81. The second-order valence-corrected chi connectivity index (χ2v) is 16.9. The van der Waals surface area contributed by atoms with Crippen LogP contribution in [-0.2, 0) is 61.8 Å². The molecule has 5 saturated heterocycles. The van der Waals surface area contributed by atoms with Gasteiger partial charge in [-0.2, -0.15) is 0 Å². The summed E-state index contributed by atoms with van der Waals surface area (Å²) in [7, 11) is 0. The molecule has 0 saturated carbocycles. The number of amides is 4. The first-order valence-corrected chi connectivity index (χ1v) is 21.4. The normalized spacial score (nSPS) is 46.0. The summed E-state index contributed by atoms with van der Waals surface area (Å²) < 4.78 is 54.1. The highest BCUT2D eigenvalue weighted by molar-refractivity contribution is 5.74. The standard InChI is InChI=1S/C38H64N4O25/c1-10-23(51)29(57)33(67-36-20(40-12(3)48)28(56)25(53)16(7-44)62-36)38(59-10)66-32-22(42-14(5)50)37(65-31-21(41-13(4)49)34(58)60-17(8-45)26(31)54)63-18(9-46)30(32)64-35-19(39-11(2)47)27(55)24(52)15(6-43)61-35/h10,15-38,43-46,51-58H,6-9H2,1-5H3,(H,39,47)(H,40,48)(H,41,49)(H,42,50)/t10-,15+,16+,17+,18+,19+,20+,21+,22+,23+,24-,25-,26-,27+,28+,29+,30+,31+,32+,33-,34?,35-,36+,37-,38-/m0/s1. The number of nitrogens with one attached hydrogen (secondary N) is 4. The van der Waals surface area contributed by atoms with Gasteiger partial charge in [0, 0.05) is 27.7 Å². The van der Waals surface area contributed by atoms with E-state index in [2.05, 4.69) is 21.3 Å². The molecule has 0 aliphatic carbocycles. The summed E-state index contributed by atoms with van der Waals surface area (Å²) in [5.74, 6) is -3.12. The Morgan fingerprint density at radius 2 is 0.761 bits per heavy atom. The zero-order valence-electron chi connectivity index (χ0n) is 36.9. The summed E-state index contributed by atoms with van der Waals surface area (Å²) in [5, 5.41) is 139. The maximum absolute atomic E-state index is 13.1. The second kappa shape index (κ2) is 23.8. The molecule has 5 aliphatic heterocycles. The molecule has 0 aromatic rings. The van der Waals surface area contributed by atoms with Gasteiger partial charge in [-0.05, 0) is 6.92 Å². The summed E-state index contributed by atoms with van der Waals surface area (Å²) >= 11 is 0. The van der Waals surface area contributed by atoms with E-state index in [9.17, 15) is 80.5 Å². The minimum Gasteiger partial charge on any atom is -0.394 e. The highest BCUT2D eigenvalue weighted by atomic mass is 16.8. The Morgan fingerprint density at radius 1 is 0.388 bits per heavy atom. The van der Waals surface area contributed by atoms with Crippen LogP contribution in [-0.4, -0.2) is 265 Å². The van der Waals surface area contributed by atoms with E-state index in [1.807, 2.05) is 0 Å². The zero-order valence-corrected chi connectivity index (χ0v) is 36.9. The van der Waals surface area contributed by atoms with Crippen LogP contribution < -0.4 is 21.3 Å². The monoisotopic (exact) mass is 976 g/mol. The van der Waals surface area contributed by atoms with Gasteiger partial charge in [0.15, 0.2) is 31.5 Å². The van der Waals surface area contributed by atoms with E-state index >= 15 is 0 Å². The lowest BCUT2D eigenvalue weighted by Crippen LogP contribution is -2.72. The van der Waals surface area contributed by atoms with E-state index in [4.69, 9.17) is 42.6 Å². The van der Waals surface area contributed by atoms with Crippen LogP contribution in [0.25, 0.3) is 0 Å². The van der Waals surface area contributed by atoms with Gasteiger partial charge >= 0.3 is 0 Å². The number of carbonyl (C=O) groups excluding carboxylic acids is 4. The fourth-order valence-corrected chi connectivity index (χ4v) is 8.57. The molecule has 0 bridgehead atoms. The Balaban J connectivity index is 1.64. The fraction of sp³-hybridized carbons (Fsp3) is 0.895. The van der Waals surface area contributed by atoms with Crippen LogP contribution in [0.3, 0.4) is 0 Å². The first kappa shape index (κ1) is 55.0. The maximum Gasteiger partial charge on any atom is 0.217 e. The lowest BCUT2D eigenvalue weighted by molar-refractivity contribution is -0.388. The Hall–Kier alpha value is -2.96. The zero-order chi connectivity index (χ0) is 49.8. The summed E-state index contributed by atoms with van der Waals surface area (Å²) in [4.78, 5) is 50.1. The third-order valence-electron chi connectivity index (χ3n) is 11.9. The van der Waals surface area contributed by atoms with Crippen LogP contribution in [0.15, 0.2) is 0 Å². The number of hydrogen-bond acceptors (Lipinski definition) is 25. The molecule has 4 amide bonds. The highest BCUT2D eigenvalue weighted by Gasteiger charge is 2.58. The maximum atomic E-state index is 13.1. The molecule has 5 rings (SSSR count). The van der Waals surface area contributed by atoms with Crippen LogP contribution in [0.2, 0.25) is 0 Å². The van der Waals surface area contributed by atoms with Gasteiger partial charge in [0.1, 0.15) is 116 Å². The molecule has 1 unspecified atom stereocenters. The lowest BCUT2D eigenvalue weighted by Gasteiger charge is -2.52. The van der Waals surface area contributed by atoms with Crippen LogP contribution >= 0.6 is 0 Å². The molecule has 16 N–H and O–H groups in total. The van der Waals surface area contributed by atoms with Crippen LogP contribution in [0, 0.1) is 0 Å². The molecule has 5 fully saturated rings. The highest BCUT2D eigenvalue weighted by Crippen LogP contribution is 2.37. The molecule has 5 heterocycles. The minimum absolute atomic E-state index is 0.748. The molecule has 0 spiro atoms. The SMILES string of the molecule is CC(=O)N[C@H]1[C@H](O[C@H]2[C@H](O[C@@H]3O[C@@H](C)[C@@H](O)[C@@H](O)[C@@H]3O[C@H]3O[C@H](CO)[C@H](O)[C@H](O)[C@H]3NC(C)=O)[C@@H](NC(C)=O)[C@H](O[C@H]3[C@@H](O)[C@@H](CO)OC(O)[C@@H]3NC(C)=O)O[C@@H]2CO)O[C@H](CO)[C@H](O)[C@@H]1O. The largest absolute Gasteiger partial charge is 0.394 e. The Labute approximate surface area is 382 Å². The molecule has 25 atom stereocenters. The first-order chi connectivity index (χ1) is 31.6. The van der Waals surface area contributed by atoms with Gasteiger partial charge in [0.05, 0.1) is 32.5 Å². The summed E-state index contributed by atoms with van der Waals surface area (Å²) in [6, 6.07) is -6.63. The molecule has 29 nitrogen and oxygen atoms in total. The third-order valence-corrected chi connectivity index (χ3v) is 11.9. The van der Waals surface area contributed by atoms with Crippen molar-refractivity contribution in [1.29, 1.82) is 0 Å². The van der Waals surface area contributed by atoms with Crippen molar-refractivity contribution in [2.24, 2.45) is 0 Å². The van der Waals surface area contributed by atoms with Crippen molar-refractivity contribution < 1.29 is 123 Å². The summed E-state index contributed by atoms with van der Waals surface area (Å²) in [6.07, 6.45) is -37.7. The van der Waals surface area contributed by atoms with E-state index in [0.717, 1.165) is 27.7 Å². The predicted molar refractivity (Wildman–Crippen MR) is 211 cm³/mol. The third kappa shape index (κ3) is 12.5. The number of carbonyl (C=O) groups is 4. The molecule has 0 radical (unpaired) electrons. The van der Waals surface area contributed by atoms with E-state index in [1.54, 1.807) is 0 Å².